The third-order valence-electron chi connectivity index (χ3n) is 7.03. The molecule has 158 valence electrons. The van der Waals surface area contributed by atoms with Gasteiger partial charge in [0.1, 0.15) is 5.60 Å². The molecule has 2 aromatic rings. The number of fused-ring (bicyclic) bond motifs is 1. The molecule has 3 aliphatic carbocycles. The summed E-state index contributed by atoms with van der Waals surface area (Å²) in [5.74, 6) is 0.0964. The van der Waals surface area contributed by atoms with E-state index in [1.165, 1.54) is 16.7 Å². The molecular weight excluding hydrogens is 444 g/mol. The lowest BCUT2D eigenvalue weighted by Crippen LogP contribution is -2.38. The van der Waals surface area contributed by atoms with E-state index in [1.807, 2.05) is 0 Å². The molecule has 0 fully saturated rings. The Morgan fingerprint density at radius 1 is 0.935 bits per heavy atom. The monoisotopic (exact) mass is 472 g/mol. The molecule has 0 saturated heterocycles. The Bertz CT molecular complexity index is 1090. The van der Waals surface area contributed by atoms with Gasteiger partial charge in [0.25, 0.3) is 0 Å². The van der Waals surface area contributed by atoms with Gasteiger partial charge < -0.3 is 5.11 Å². The molecule has 0 aromatic heterocycles. The number of aliphatic hydroxyl groups is 1. The summed E-state index contributed by atoms with van der Waals surface area (Å²) in [5, 5.41) is 12.5. The lowest BCUT2D eigenvalue weighted by atomic mass is 9.68. The lowest BCUT2D eigenvalue weighted by Gasteiger charge is -2.41. The molecule has 0 saturated carbocycles. The topological polar surface area (TPSA) is 20.2 Å². The third kappa shape index (κ3) is 3.70. The maximum atomic E-state index is 12.5. The Morgan fingerprint density at radius 3 is 2.61 bits per heavy atom. The zero-order chi connectivity index (χ0) is 21.3. The quantitative estimate of drug-likeness (QED) is 0.352. The Hall–Kier alpha value is -2.16. The van der Waals surface area contributed by atoms with Gasteiger partial charge in [-0.2, -0.15) is 0 Å². The second-order valence-corrected chi connectivity index (χ2v) is 9.96. The molecule has 5 rings (SSSR count). The van der Waals surface area contributed by atoms with Crippen LogP contribution in [0.3, 0.4) is 0 Å². The van der Waals surface area contributed by atoms with Gasteiger partial charge in [-0.3, -0.25) is 0 Å². The second kappa shape index (κ2) is 8.76. The number of benzene rings is 2. The molecule has 3 unspecified atom stereocenters. The molecule has 0 bridgehead atoms. The third-order valence-corrected chi connectivity index (χ3v) is 7.89. The highest BCUT2D eigenvalue weighted by atomic mass is 79.9. The molecule has 0 aliphatic heterocycles. The van der Waals surface area contributed by atoms with Crippen LogP contribution in [-0.4, -0.2) is 5.11 Å². The highest BCUT2D eigenvalue weighted by Crippen LogP contribution is 2.48. The van der Waals surface area contributed by atoms with Crippen molar-refractivity contribution in [2.24, 2.45) is 5.92 Å². The van der Waals surface area contributed by atoms with Crippen LogP contribution >= 0.6 is 15.9 Å². The summed E-state index contributed by atoms with van der Waals surface area (Å²) in [7, 11) is 0. The summed E-state index contributed by atoms with van der Waals surface area (Å²) in [6.45, 7) is 0. The number of alkyl halides is 1. The predicted molar refractivity (Wildman–Crippen MR) is 134 cm³/mol. The molecule has 1 nitrogen and oxygen atoms in total. The van der Waals surface area contributed by atoms with Crippen molar-refractivity contribution in [2.75, 3.05) is 0 Å². The van der Waals surface area contributed by atoms with Crippen molar-refractivity contribution in [1.29, 1.82) is 0 Å². The molecule has 3 aliphatic rings. The predicted octanol–water partition coefficient (Wildman–Crippen LogP) is 8.03. The average molecular weight is 473 g/mol. The first-order chi connectivity index (χ1) is 15.2. The van der Waals surface area contributed by atoms with E-state index in [1.54, 1.807) is 0 Å². The second-order valence-electron chi connectivity index (χ2n) is 8.85. The first-order valence-electron chi connectivity index (χ1n) is 11.5. The molecule has 2 aromatic carbocycles. The van der Waals surface area contributed by atoms with E-state index in [2.05, 4.69) is 101 Å². The van der Waals surface area contributed by atoms with Gasteiger partial charge in [-0.1, -0.05) is 101 Å². The van der Waals surface area contributed by atoms with E-state index in [0.29, 0.717) is 4.83 Å². The van der Waals surface area contributed by atoms with E-state index in [4.69, 9.17) is 0 Å². The fourth-order valence-corrected chi connectivity index (χ4v) is 6.07. The molecule has 2 heteroatoms. The summed E-state index contributed by atoms with van der Waals surface area (Å²) >= 11 is 3.85. The highest BCUT2D eigenvalue weighted by molar-refractivity contribution is 9.09. The first kappa shape index (κ1) is 20.7. The normalized spacial score (nSPS) is 24.4. The Morgan fingerprint density at radius 2 is 1.81 bits per heavy atom. The maximum absolute atomic E-state index is 12.5. The van der Waals surface area contributed by atoms with Crippen molar-refractivity contribution in [3.63, 3.8) is 0 Å². The standard InChI is InChI=1S/C29H29BrO/c30-28-20-10-17-24-23(16-9-18-26(24)28)25-15-7-8-19-27(25)29(31,21-11-3-1-4-12-21)22-13-5-2-6-14-22/h1,3,5,7-11,13,15-19,22,28,31H,2,4,6,12,14,20H2. The van der Waals surface area contributed by atoms with Gasteiger partial charge >= 0.3 is 0 Å². The van der Waals surface area contributed by atoms with E-state index < -0.39 is 5.60 Å². The Labute approximate surface area is 194 Å². The largest absolute Gasteiger partial charge is 0.380 e. The van der Waals surface area contributed by atoms with Crippen molar-refractivity contribution >= 4 is 22.0 Å². The number of halogens is 1. The van der Waals surface area contributed by atoms with E-state index in [9.17, 15) is 5.11 Å². The van der Waals surface area contributed by atoms with Crippen molar-refractivity contribution < 1.29 is 5.11 Å². The van der Waals surface area contributed by atoms with E-state index >= 15 is 0 Å². The van der Waals surface area contributed by atoms with Gasteiger partial charge in [0.05, 0.1) is 0 Å². The minimum atomic E-state index is -0.993. The molecule has 1 N–H and O–H groups in total. The van der Waals surface area contributed by atoms with Gasteiger partial charge in [0.2, 0.25) is 0 Å². The minimum Gasteiger partial charge on any atom is -0.380 e. The van der Waals surface area contributed by atoms with E-state index in [-0.39, 0.29) is 5.92 Å². The van der Waals surface area contributed by atoms with Crippen molar-refractivity contribution in [1.82, 2.24) is 0 Å². The lowest BCUT2D eigenvalue weighted by molar-refractivity contribution is 0.0233. The van der Waals surface area contributed by atoms with Crippen molar-refractivity contribution in [3.05, 3.63) is 101 Å². The SMILES string of the molecule is OC(C1=CC=CCC1)(c1ccccc1-c1cccc2c1C=CCC2Br)C1C=CCCC1. The van der Waals surface area contributed by atoms with Crippen LogP contribution in [0.5, 0.6) is 0 Å². The van der Waals surface area contributed by atoms with Crippen LogP contribution in [0.15, 0.2) is 84.5 Å². The van der Waals surface area contributed by atoms with Crippen LogP contribution in [0.4, 0.5) is 0 Å². The number of rotatable bonds is 4. The van der Waals surface area contributed by atoms with Crippen molar-refractivity contribution in [3.8, 4) is 11.1 Å². The van der Waals surface area contributed by atoms with Crippen LogP contribution in [0.25, 0.3) is 17.2 Å². The molecule has 3 atom stereocenters. The first-order valence-corrected chi connectivity index (χ1v) is 12.4. The number of allylic oxidation sites excluding steroid dienone is 5. The fourth-order valence-electron chi connectivity index (χ4n) is 5.45. The summed E-state index contributed by atoms with van der Waals surface area (Å²) in [6.07, 6.45) is 21.6. The number of hydrogen-bond acceptors (Lipinski definition) is 1. The minimum absolute atomic E-state index is 0.0964. The number of hydrogen-bond donors (Lipinski definition) is 1. The van der Waals surface area contributed by atoms with Gasteiger partial charge in [0.15, 0.2) is 0 Å². The van der Waals surface area contributed by atoms with Crippen molar-refractivity contribution in [2.45, 2.75) is 49.0 Å². The van der Waals surface area contributed by atoms with E-state index in [0.717, 1.165) is 55.2 Å². The van der Waals surface area contributed by atoms with Crippen LogP contribution in [0.2, 0.25) is 0 Å². The van der Waals surface area contributed by atoms with Gasteiger partial charge in [0, 0.05) is 10.7 Å². The molecule has 0 amide bonds. The fraction of sp³-hybridized carbons (Fsp3) is 0.310. The van der Waals surface area contributed by atoms with Gasteiger partial charge in [-0.05, 0) is 71.9 Å². The smallest absolute Gasteiger partial charge is 0.118 e. The summed E-state index contributed by atoms with van der Waals surface area (Å²) in [4.78, 5) is 0.339. The molecule has 0 radical (unpaired) electrons. The molecular formula is C29H29BrO. The zero-order valence-corrected chi connectivity index (χ0v) is 19.4. The molecule has 31 heavy (non-hydrogen) atoms. The van der Waals surface area contributed by atoms with Crippen LogP contribution in [0, 0.1) is 5.92 Å². The summed E-state index contributed by atoms with van der Waals surface area (Å²) < 4.78 is 0. The summed E-state index contributed by atoms with van der Waals surface area (Å²) in [5.41, 5.74) is 6.12. The zero-order valence-electron chi connectivity index (χ0n) is 17.8. The van der Waals surface area contributed by atoms with Gasteiger partial charge in [-0.25, -0.2) is 0 Å². The average Bonchev–Trinajstić information content (AvgIpc) is 2.85. The highest BCUT2D eigenvalue weighted by Gasteiger charge is 2.42. The van der Waals surface area contributed by atoms with Crippen LogP contribution < -0.4 is 0 Å². The van der Waals surface area contributed by atoms with Crippen LogP contribution in [0.1, 0.15) is 60.0 Å². The summed E-state index contributed by atoms with van der Waals surface area (Å²) in [6, 6.07) is 15.1. The maximum Gasteiger partial charge on any atom is 0.118 e. The van der Waals surface area contributed by atoms with Gasteiger partial charge in [-0.15, -0.1) is 0 Å². The molecule has 0 heterocycles. The Balaban J connectivity index is 1.73. The Kier molecular flexibility index (Phi) is 5.86. The molecule has 0 spiro atoms. The van der Waals surface area contributed by atoms with Crippen LogP contribution in [-0.2, 0) is 5.60 Å².